The van der Waals surface area contributed by atoms with Gasteiger partial charge in [0.25, 0.3) is 11.8 Å². The van der Waals surface area contributed by atoms with E-state index >= 15 is 0 Å². The highest BCUT2D eigenvalue weighted by atomic mass is 35.5. The lowest BCUT2D eigenvalue weighted by atomic mass is 10.1. The van der Waals surface area contributed by atoms with Crippen molar-refractivity contribution in [1.29, 1.82) is 0 Å². The molecule has 0 saturated carbocycles. The molecule has 7 heteroatoms. The Morgan fingerprint density at radius 2 is 1.41 bits per heavy atom. The van der Waals surface area contributed by atoms with Gasteiger partial charge in [0.2, 0.25) is 0 Å². The van der Waals surface area contributed by atoms with Crippen LogP contribution in [-0.4, -0.2) is 25.0 Å². The Labute approximate surface area is 161 Å². The first-order valence-electron chi connectivity index (χ1n) is 8.18. The molecular formula is C20H17ClN2O4. The molecule has 0 fully saturated rings. The van der Waals surface area contributed by atoms with Gasteiger partial charge in [-0.15, -0.1) is 0 Å². The van der Waals surface area contributed by atoms with Gasteiger partial charge in [0, 0.05) is 10.4 Å². The largest absolute Gasteiger partial charge is 0.484 e. The fourth-order valence-corrected chi connectivity index (χ4v) is 2.48. The van der Waals surface area contributed by atoms with Crippen molar-refractivity contribution >= 4 is 34.2 Å². The lowest BCUT2D eigenvalue weighted by Crippen LogP contribution is -2.45. The highest BCUT2D eigenvalue weighted by Gasteiger charge is 2.08. The molecule has 0 aromatic heterocycles. The second-order valence-corrected chi connectivity index (χ2v) is 6.04. The first-order chi connectivity index (χ1) is 13.1. The molecule has 27 heavy (non-hydrogen) atoms. The highest BCUT2D eigenvalue weighted by Crippen LogP contribution is 2.24. The Morgan fingerprint density at radius 1 is 0.778 bits per heavy atom. The third kappa shape index (κ3) is 5.36. The predicted octanol–water partition coefficient (Wildman–Crippen LogP) is 3.10. The van der Waals surface area contributed by atoms with Crippen molar-refractivity contribution in [1.82, 2.24) is 10.9 Å². The number of hydrogen-bond donors (Lipinski definition) is 2. The summed E-state index contributed by atoms with van der Waals surface area (Å²) in [5.74, 6) is 0.118. The van der Waals surface area contributed by atoms with Crippen LogP contribution < -0.4 is 20.3 Å². The van der Waals surface area contributed by atoms with Crippen LogP contribution in [0.5, 0.6) is 11.5 Å². The number of nitrogens with one attached hydrogen (secondary N) is 2. The quantitative estimate of drug-likeness (QED) is 0.640. The first kappa shape index (κ1) is 18.5. The van der Waals surface area contributed by atoms with Gasteiger partial charge in [-0.25, -0.2) is 0 Å². The molecule has 2 amide bonds. The van der Waals surface area contributed by atoms with E-state index in [1.54, 1.807) is 30.3 Å². The van der Waals surface area contributed by atoms with Crippen LogP contribution in [0.3, 0.4) is 0 Å². The summed E-state index contributed by atoms with van der Waals surface area (Å²) in [7, 11) is 0. The maximum atomic E-state index is 11.9. The van der Waals surface area contributed by atoms with Gasteiger partial charge in [0.05, 0.1) is 0 Å². The van der Waals surface area contributed by atoms with Gasteiger partial charge >= 0.3 is 0 Å². The fourth-order valence-electron chi connectivity index (χ4n) is 2.36. The van der Waals surface area contributed by atoms with E-state index < -0.39 is 11.8 Å². The Bertz CT molecular complexity index is 939. The second-order valence-electron chi connectivity index (χ2n) is 5.60. The molecule has 3 rings (SSSR count). The number of ether oxygens (including phenoxy) is 2. The smallest absolute Gasteiger partial charge is 0.276 e. The Morgan fingerprint density at radius 3 is 2.15 bits per heavy atom. The number of carbonyl (C=O) groups is 2. The van der Waals surface area contributed by atoms with Crippen LogP contribution in [0.25, 0.3) is 10.8 Å². The molecule has 0 unspecified atom stereocenters. The Kier molecular flexibility index (Phi) is 6.12. The van der Waals surface area contributed by atoms with Crippen molar-refractivity contribution < 1.29 is 19.1 Å². The van der Waals surface area contributed by atoms with E-state index in [0.29, 0.717) is 16.5 Å². The summed E-state index contributed by atoms with van der Waals surface area (Å²) < 4.78 is 10.8. The molecular weight excluding hydrogens is 368 g/mol. The van der Waals surface area contributed by atoms with E-state index in [9.17, 15) is 9.59 Å². The lowest BCUT2D eigenvalue weighted by molar-refractivity contribution is -0.130. The predicted molar refractivity (Wildman–Crippen MR) is 103 cm³/mol. The minimum Gasteiger partial charge on any atom is -0.484 e. The SMILES string of the molecule is O=C(COc1ccc(Cl)cc1)NNC(=O)COc1cccc2ccccc12. The summed E-state index contributed by atoms with van der Waals surface area (Å²) in [6.45, 7) is -0.474. The average molecular weight is 385 g/mol. The van der Waals surface area contributed by atoms with Gasteiger partial charge in [0.1, 0.15) is 11.5 Å². The number of hydrogen-bond acceptors (Lipinski definition) is 4. The zero-order valence-corrected chi connectivity index (χ0v) is 15.0. The van der Waals surface area contributed by atoms with Crippen LogP contribution in [-0.2, 0) is 9.59 Å². The molecule has 0 aliphatic carbocycles. The monoisotopic (exact) mass is 384 g/mol. The summed E-state index contributed by atoms with van der Waals surface area (Å²) in [5, 5.41) is 2.50. The van der Waals surface area contributed by atoms with E-state index in [4.69, 9.17) is 21.1 Å². The number of amides is 2. The summed E-state index contributed by atoms with van der Waals surface area (Å²) in [5.41, 5.74) is 4.55. The minimum absolute atomic E-state index is 0.230. The van der Waals surface area contributed by atoms with Crippen molar-refractivity contribution in [2.24, 2.45) is 0 Å². The van der Waals surface area contributed by atoms with Gasteiger partial charge in [-0.2, -0.15) is 0 Å². The zero-order valence-electron chi connectivity index (χ0n) is 14.3. The van der Waals surface area contributed by atoms with Gasteiger partial charge in [-0.05, 0) is 35.7 Å². The van der Waals surface area contributed by atoms with Gasteiger partial charge in [-0.3, -0.25) is 20.4 Å². The number of rotatable bonds is 6. The molecule has 0 aliphatic rings. The summed E-state index contributed by atoms with van der Waals surface area (Å²) in [6, 6.07) is 19.9. The van der Waals surface area contributed by atoms with Crippen LogP contribution in [0, 0.1) is 0 Å². The maximum absolute atomic E-state index is 11.9. The number of carbonyl (C=O) groups excluding carboxylic acids is 2. The maximum Gasteiger partial charge on any atom is 0.276 e. The standard InChI is InChI=1S/C20H17ClN2O4/c21-15-8-10-16(11-9-15)26-12-19(24)22-23-20(25)13-27-18-7-3-5-14-4-1-2-6-17(14)18/h1-11H,12-13H2,(H,22,24)(H,23,25). The molecule has 0 atom stereocenters. The van der Waals surface area contributed by atoms with E-state index in [2.05, 4.69) is 10.9 Å². The van der Waals surface area contributed by atoms with Crippen LogP contribution in [0.2, 0.25) is 5.02 Å². The van der Waals surface area contributed by atoms with E-state index in [1.165, 1.54) is 0 Å². The molecule has 0 radical (unpaired) electrons. The summed E-state index contributed by atoms with van der Waals surface area (Å²) >= 11 is 5.77. The van der Waals surface area contributed by atoms with Crippen LogP contribution in [0.4, 0.5) is 0 Å². The molecule has 3 aromatic carbocycles. The van der Waals surface area contributed by atoms with Crippen LogP contribution in [0.1, 0.15) is 0 Å². The van der Waals surface area contributed by atoms with Gasteiger partial charge in [0.15, 0.2) is 13.2 Å². The van der Waals surface area contributed by atoms with Crippen molar-refractivity contribution in [3.05, 3.63) is 71.8 Å². The van der Waals surface area contributed by atoms with Crippen LogP contribution in [0.15, 0.2) is 66.7 Å². The number of fused-ring (bicyclic) bond motifs is 1. The number of halogens is 1. The molecule has 0 spiro atoms. The van der Waals surface area contributed by atoms with E-state index in [0.717, 1.165) is 10.8 Å². The summed E-state index contributed by atoms with van der Waals surface area (Å²) in [4.78, 5) is 23.6. The fraction of sp³-hybridized carbons (Fsp3) is 0.100. The van der Waals surface area contributed by atoms with Gasteiger partial charge < -0.3 is 9.47 Å². The molecule has 3 aromatic rings. The molecule has 0 saturated heterocycles. The molecule has 6 nitrogen and oxygen atoms in total. The van der Waals surface area contributed by atoms with Crippen LogP contribution >= 0.6 is 11.6 Å². The van der Waals surface area contributed by atoms with E-state index in [-0.39, 0.29) is 13.2 Å². The van der Waals surface area contributed by atoms with E-state index in [1.807, 2.05) is 36.4 Å². The van der Waals surface area contributed by atoms with Crippen molar-refractivity contribution in [2.75, 3.05) is 13.2 Å². The molecule has 2 N–H and O–H groups in total. The third-order valence-electron chi connectivity index (χ3n) is 3.63. The Balaban J connectivity index is 1.42. The van der Waals surface area contributed by atoms with Crippen molar-refractivity contribution in [2.45, 2.75) is 0 Å². The molecule has 138 valence electrons. The topological polar surface area (TPSA) is 76.7 Å². The average Bonchev–Trinajstić information content (AvgIpc) is 2.70. The molecule has 0 bridgehead atoms. The molecule has 0 aliphatic heterocycles. The zero-order chi connectivity index (χ0) is 19.1. The van der Waals surface area contributed by atoms with Crippen molar-refractivity contribution in [3.63, 3.8) is 0 Å². The number of hydrazine groups is 1. The Hall–Kier alpha value is -3.25. The third-order valence-corrected chi connectivity index (χ3v) is 3.89. The second kappa shape index (κ2) is 8.91. The molecule has 0 heterocycles. The summed E-state index contributed by atoms with van der Waals surface area (Å²) in [6.07, 6.45) is 0. The lowest BCUT2D eigenvalue weighted by Gasteiger charge is -2.11. The minimum atomic E-state index is -0.497. The van der Waals surface area contributed by atoms with Crippen molar-refractivity contribution in [3.8, 4) is 11.5 Å². The normalized spacial score (nSPS) is 10.3. The number of benzene rings is 3. The van der Waals surface area contributed by atoms with Gasteiger partial charge in [-0.1, -0.05) is 48.0 Å². The first-order valence-corrected chi connectivity index (χ1v) is 8.56. The highest BCUT2D eigenvalue weighted by molar-refractivity contribution is 6.30.